The standard InChI is InChI=1S/C18H26N4O/c1-13-11-22(12-14(2)23-13)10-6-9-19-18-15(3)20-16-7-4-5-8-17(16)21-18/h4-5,7-8,13-14H,6,9-12H2,1-3H3,(H,19,21). The Balaban J connectivity index is 1.51. The van der Waals surface area contributed by atoms with Gasteiger partial charge in [-0.05, 0) is 39.3 Å². The number of para-hydroxylation sites is 2. The lowest BCUT2D eigenvalue weighted by Gasteiger charge is -2.35. The molecule has 3 rings (SSSR count). The Kier molecular flexibility index (Phi) is 5.08. The van der Waals surface area contributed by atoms with Crippen molar-refractivity contribution in [2.24, 2.45) is 0 Å². The van der Waals surface area contributed by atoms with Gasteiger partial charge in [0.05, 0.1) is 28.9 Å². The molecule has 0 amide bonds. The zero-order valence-electron chi connectivity index (χ0n) is 14.2. The fourth-order valence-electron chi connectivity index (χ4n) is 3.23. The third-order valence-electron chi connectivity index (χ3n) is 4.18. The number of anilines is 1. The van der Waals surface area contributed by atoms with Crippen LogP contribution in [-0.4, -0.2) is 53.3 Å². The number of morpholine rings is 1. The largest absolute Gasteiger partial charge is 0.373 e. The normalized spacial score (nSPS) is 22.4. The molecule has 23 heavy (non-hydrogen) atoms. The van der Waals surface area contributed by atoms with Gasteiger partial charge in [0.2, 0.25) is 0 Å². The first-order valence-electron chi connectivity index (χ1n) is 8.47. The molecule has 2 atom stereocenters. The molecule has 2 aromatic rings. The summed E-state index contributed by atoms with van der Waals surface area (Å²) in [7, 11) is 0. The zero-order valence-corrected chi connectivity index (χ0v) is 14.2. The van der Waals surface area contributed by atoms with Crippen LogP contribution in [0.5, 0.6) is 0 Å². The highest BCUT2D eigenvalue weighted by Gasteiger charge is 2.21. The van der Waals surface area contributed by atoms with Gasteiger partial charge >= 0.3 is 0 Å². The van der Waals surface area contributed by atoms with Crippen molar-refractivity contribution in [3.05, 3.63) is 30.0 Å². The van der Waals surface area contributed by atoms with Gasteiger partial charge in [-0.2, -0.15) is 0 Å². The van der Waals surface area contributed by atoms with Crippen molar-refractivity contribution in [3.63, 3.8) is 0 Å². The first-order valence-corrected chi connectivity index (χ1v) is 8.47. The summed E-state index contributed by atoms with van der Waals surface area (Å²) in [5, 5.41) is 3.44. The molecule has 0 aliphatic carbocycles. The van der Waals surface area contributed by atoms with Crippen molar-refractivity contribution in [1.29, 1.82) is 0 Å². The minimum atomic E-state index is 0.334. The molecular formula is C18H26N4O. The lowest BCUT2D eigenvalue weighted by Crippen LogP contribution is -2.45. The first-order chi connectivity index (χ1) is 11.1. The predicted octanol–water partition coefficient (Wildman–Crippen LogP) is 2.85. The van der Waals surface area contributed by atoms with Crippen LogP contribution in [0.4, 0.5) is 5.82 Å². The van der Waals surface area contributed by atoms with Gasteiger partial charge in [0.1, 0.15) is 5.82 Å². The molecule has 124 valence electrons. The molecule has 1 aromatic heterocycles. The molecule has 5 nitrogen and oxygen atoms in total. The molecule has 0 bridgehead atoms. The number of aryl methyl sites for hydroxylation is 1. The van der Waals surface area contributed by atoms with Crippen LogP contribution in [0, 0.1) is 6.92 Å². The van der Waals surface area contributed by atoms with Gasteiger partial charge in [-0.3, -0.25) is 4.90 Å². The number of rotatable bonds is 5. The summed E-state index contributed by atoms with van der Waals surface area (Å²) in [6, 6.07) is 7.99. The lowest BCUT2D eigenvalue weighted by molar-refractivity contribution is -0.0678. The maximum atomic E-state index is 5.77. The van der Waals surface area contributed by atoms with Crippen molar-refractivity contribution in [1.82, 2.24) is 14.9 Å². The van der Waals surface area contributed by atoms with Crippen molar-refractivity contribution >= 4 is 16.9 Å². The van der Waals surface area contributed by atoms with Crippen LogP contribution in [0.3, 0.4) is 0 Å². The van der Waals surface area contributed by atoms with Crippen LogP contribution in [0.1, 0.15) is 26.0 Å². The van der Waals surface area contributed by atoms with Gasteiger partial charge in [-0.1, -0.05) is 12.1 Å². The molecule has 1 saturated heterocycles. The molecule has 1 aromatic carbocycles. The molecular weight excluding hydrogens is 288 g/mol. The molecule has 1 aliphatic heterocycles. The maximum Gasteiger partial charge on any atom is 0.148 e. The molecule has 0 radical (unpaired) electrons. The number of nitrogens with one attached hydrogen (secondary N) is 1. The number of fused-ring (bicyclic) bond motifs is 1. The molecule has 1 fully saturated rings. The molecule has 2 unspecified atom stereocenters. The fourth-order valence-corrected chi connectivity index (χ4v) is 3.23. The topological polar surface area (TPSA) is 50.3 Å². The summed E-state index contributed by atoms with van der Waals surface area (Å²) in [5.41, 5.74) is 2.85. The zero-order chi connectivity index (χ0) is 16.2. The van der Waals surface area contributed by atoms with E-state index in [1.165, 1.54) is 0 Å². The van der Waals surface area contributed by atoms with Crippen LogP contribution in [0.25, 0.3) is 11.0 Å². The van der Waals surface area contributed by atoms with E-state index in [0.29, 0.717) is 12.2 Å². The van der Waals surface area contributed by atoms with E-state index in [0.717, 1.165) is 55.1 Å². The third-order valence-corrected chi connectivity index (χ3v) is 4.18. The van der Waals surface area contributed by atoms with Crippen LogP contribution < -0.4 is 5.32 Å². The summed E-state index contributed by atoms with van der Waals surface area (Å²) in [4.78, 5) is 11.8. The van der Waals surface area contributed by atoms with Crippen LogP contribution in [0.2, 0.25) is 0 Å². The SMILES string of the molecule is Cc1nc2ccccc2nc1NCCCN1CC(C)OC(C)C1. The minimum Gasteiger partial charge on any atom is -0.373 e. The average Bonchev–Trinajstić information content (AvgIpc) is 2.51. The fraction of sp³-hybridized carbons (Fsp3) is 0.556. The van der Waals surface area contributed by atoms with Crippen molar-refractivity contribution in [2.45, 2.75) is 39.4 Å². The first kappa shape index (κ1) is 16.1. The Morgan fingerprint density at radius 1 is 1.13 bits per heavy atom. The number of hydrogen-bond donors (Lipinski definition) is 1. The highest BCUT2D eigenvalue weighted by atomic mass is 16.5. The molecule has 5 heteroatoms. The van der Waals surface area contributed by atoms with Gasteiger partial charge < -0.3 is 10.1 Å². The summed E-state index contributed by atoms with van der Waals surface area (Å²) in [6.45, 7) is 10.4. The van der Waals surface area contributed by atoms with E-state index in [9.17, 15) is 0 Å². The maximum absolute atomic E-state index is 5.77. The number of nitrogens with zero attached hydrogens (tertiary/aromatic N) is 3. The van der Waals surface area contributed by atoms with E-state index in [-0.39, 0.29) is 0 Å². The monoisotopic (exact) mass is 314 g/mol. The second-order valence-electron chi connectivity index (χ2n) is 6.44. The molecule has 2 heterocycles. The summed E-state index contributed by atoms with van der Waals surface area (Å²) >= 11 is 0. The summed E-state index contributed by atoms with van der Waals surface area (Å²) < 4.78 is 5.77. The van der Waals surface area contributed by atoms with E-state index in [4.69, 9.17) is 4.74 Å². The van der Waals surface area contributed by atoms with Crippen LogP contribution in [-0.2, 0) is 4.74 Å². The van der Waals surface area contributed by atoms with Crippen molar-refractivity contribution in [2.75, 3.05) is 31.5 Å². The highest BCUT2D eigenvalue weighted by molar-refractivity contribution is 5.76. The van der Waals surface area contributed by atoms with E-state index in [1.54, 1.807) is 0 Å². The number of ether oxygens (including phenoxy) is 1. The Hall–Kier alpha value is -1.72. The third kappa shape index (κ3) is 4.18. The lowest BCUT2D eigenvalue weighted by atomic mass is 10.2. The Morgan fingerprint density at radius 2 is 1.78 bits per heavy atom. The van der Waals surface area contributed by atoms with E-state index < -0.39 is 0 Å². The number of benzene rings is 1. The second kappa shape index (κ2) is 7.23. The molecule has 0 spiro atoms. The van der Waals surface area contributed by atoms with Gasteiger partial charge in [0, 0.05) is 26.2 Å². The van der Waals surface area contributed by atoms with E-state index in [2.05, 4.69) is 34.0 Å². The Labute approximate surface area is 138 Å². The second-order valence-corrected chi connectivity index (χ2v) is 6.44. The van der Waals surface area contributed by atoms with E-state index >= 15 is 0 Å². The Bertz CT molecular complexity index is 651. The minimum absolute atomic E-state index is 0.334. The highest BCUT2D eigenvalue weighted by Crippen LogP contribution is 2.16. The summed E-state index contributed by atoms with van der Waals surface area (Å²) in [5.74, 6) is 0.896. The van der Waals surface area contributed by atoms with Crippen molar-refractivity contribution in [3.8, 4) is 0 Å². The molecule has 1 aliphatic rings. The number of hydrogen-bond acceptors (Lipinski definition) is 5. The Morgan fingerprint density at radius 3 is 2.48 bits per heavy atom. The average molecular weight is 314 g/mol. The van der Waals surface area contributed by atoms with Gasteiger partial charge in [0.25, 0.3) is 0 Å². The quantitative estimate of drug-likeness (QED) is 0.860. The van der Waals surface area contributed by atoms with Gasteiger partial charge in [-0.15, -0.1) is 0 Å². The smallest absolute Gasteiger partial charge is 0.148 e. The molecule has 1 N–H and O–H groups in total. The van der Waals surface area contributed by atoms with Crippen molar-refractivity contribution < 1.29 is 4.74 Å². The van der Waals surface area contributed by atoms with Gasteiger partial charge in [-0.25, -0.2) is 9.97 Å². The van der Waals surface area contributed by atoms with Gasteiger partial charge in [0.15, 0.2) is 0 Å². The molecule has 0 saturated carbocycles. The predicted molar refractivity (Wildman–Crippen MR) is 93.8 cm³/mol. The van der Waals surface area contributed by atoms with E-state index in [1.807, 2.05) is 31.2 Å². The number of aromatic nitrogens is 2. The van der Waals surface area contributed by atoms with Crippen LogP contribution >= 0.6 is 0 Å². The summed E-state index contributed by atoms with van der Waals surface area (Å²) in [6.07, 6.45) is 1.76. The van der Waals surface area contributed by atoms with Crippen LogP contribution in [0.15, 0.2) is 24.3 Å².